The molecular formula is C16H12Br2O5. The van der Waals surface area contributed by atoms with Gasteiger partial charge in [0.2, 0.25) is 0 Å². The molecule has 0 aliphatic heterocycles. The van der Waals surface area contributed by atoms with Gasteiger partial charge in [-0.05, 0) is 52.3 Å². The molecule has 2 aromatic rings. The van der Waals surface area contributed by atoms with Gasteiger partial charge in [-0.2, -0.15) is 0 Å². The number of hydrogen-bond acceptors (Lipinski definition) is 5. The largest absolute Gasteiger partial charge is 0.493 e. The van der Waals surface area contributed by atoms with Gasteiger partial charge in [-0.25, -0.2) is 9.59 Å². The lowest BCUT2D eigenvalue weighted by Gasteiger charge is -2.11. The first-order valence-corrected chi connectivity index (χ1v) is 7.98. The number of hydrogen-bond donors (Lipinski definition) is 0. The minimum atomic E-state index is -0.553. The monoisotopic (exact) mass is 442 g/mol. The standard InChI is InChI=1S/C16H12Br2O5/c1-21-14-7-9(15(19)22-2)3-6-13(14)23-16(20)11-8-10(17)4-5-12(11)18/h3-8H,1-2H3. The molecule has 0 saturated carbocycles. The molecule has 5 nitrogen and oxygen atoms in total. The highest BCUT2D eigenvalue weighted by Gasteiger charge is 2.17. The van der Waals surface area contributed by atoms with Crippen LogP contribution in [0.15, 0.2) is 45.3 Å². The van der Waals surface area contributed by atoms with E-state index in [0.29, 0.717) is 15.6 Å². The molecule has 0 aromatic heterocycles. The Morgan fingerprint density at radius 3 is 2.30 bits per heavy atom. The van der Waals surface area contributed by atoms with Crippen molar-refractivity contribution in [3.8, 4) is 11.5 Å². The number of rotatable bonds is 4. The van der Waals surface area contributed by atoms with E-state index in [0.717, 1.165) is 4.47 Å². The van der Waals surface area contributed by atoms with Crippen LogP contribution in [0.2, 0.25) is 0 Å². The Morgan fingerprint density at radius 1 is 0.913 bits per heavy atom. The lowest BCUT2D eigenvalue weighted by molar-refractivity contribution is 0.0600. The summed E-state index contributed by atoms with van der Waals surface area (Å²) in [6.45, 7) is 0. The van der Waals surface area contributed by atoms with Gasteiger partial charge in [-0.1, -0.05) is 15.9 Å². The lowest BCUT2D eigenvalue weighted by Crippen LogP contribution is -2.11. The molecule has 2 aromatic carbocycles. The molecule has 0 bridgehead atoms. The first-order chi connectivity index (χ1) is 11.0. The zero-order valence-corrected chi connectivity index (χ0v) is 15.4. The maximum Gasteiger partial charge on any atom is 0.344 e. The van der Waals surface area contributed by atoms with Gasteiger partial charge in [0.1, 0.15) is 0 Å². The Balaban J connectivity index is 2.30. The first-order valence-electron chi connectivity index (χ1n) is 6.40. The molecule has 7 heteroatoms. The molecule has 120 valence electrons. The molecule has 0 fully saturated rings. The van der Waals surface area contributed by atoms with Crippen LogP contribution < -0.4 is 9.47 Å². The minimum Gasteiger partial charge on any atom is -0.493 e. The maximum absolute atomic E-state index is 12.3. The number of methoxy groups -OCH3 is 2. The SMILES string of the molecule is COC(=O)c1ccc(OC(=O)c2cc(Br)ccc2Br)c(OC)c1. The number of esters is 2. The quantitative estimate of drug-likeness (QED) is 0.522. The Morgan fingerprint density at radius 2 is 1.65 bits per heavy atom. The molecule has 0 heterocycles. The predicted octanol–water partition coefficient (Wildman–Crippen LogP) is 4.23. The number of halogens is 2. The van der Waals surface area contributed by atoms with E-state index in [1.54, 1.807) is 18.2 Å². The third kappa shape index (κ3) is 4.11. The van der Waals surface area contributed by atoms with Crippen LogP contribution in [0.25, 0.3) is 0 Å². The second-order valence-electron chi connectivity index (χ2n) is 4.37. The van der Waals surface area contributed by atoms with Crippen molar-refractivity contribution in [1.29, 1.82) is 0 Å². The first kappa shape index (κ1) is 17.5. The van der Waals surface area contributed by atoms with Crippen LogP contribution in [-0.2, 0) is 4.74 Å². The smallest absolute Gasteiger partial charge is 0.344 e. The van der Waals surface area contributed by atoms with Crippen LogP contribution in [0.3, 0.4) is 0 Å². The molecule has 0 radical (unpaired) electrons. The zero-order chi connectivity index (χ0) is 17.0. The highest BCUT2D eigenvalue weighted by Crippen LogP contribution is 2.30. The Bertz CT molecular complexity index is 758. The van der Waals surface area contributed by atoms with Gasteiger partial charge in [0, 0.05) is 8.95 Å². The predicted molar refractivity (Wildman–Crippen MR) is 91.1 cm³/mol. The van der Waals surface area contributed by atoms with Crippen molar-refractivity contribution in [3.05, 3.63) is 56.5 Å². The summed E-state index contributed by atoms with van der Waals surface area (Å²) >= 11 is 6.61. The zero-order valence-electron chi connectivity index (χ0n) is 12.3. The van der Waals surface area contributed by atoms with E-state index in [4.69, 9.17) is 9.47 Å². The average Bonchev–Trinajstić information content (AvgIpc) is 2.56. The van der Waals surface area contributed by atoms with Gasteiger partial charge in [0.15, 0.2) is 11.5 Å². The Labute approximate surface area is 149 Å². The van der Waals surface area contributed by atoms with Crippen LogP contribution in [0, 0.1) is 0 Å². The summed E-state index contributed by atoms with van der Waals surface area (Å²) in [6.07, 6.45) is 0. The molecular weight excluding hydrogens is 432 g/mol. The van der Waals surface area contributed by atoms with E-state index >= 15 is 0 Å². The van der Waals surface area contributed by atoms with Crippen molar-refractivity contribution < 1.29 is 23.8 Å². The molecule has 0 saturated heterocycles. The van der Waals surface area contributed by atoms with Crippen LogP contribution >= 0.6 is 31.9 Å². The summed E-state index contributed by atoms with van der Waals surface area (Å²) in [5.74, 6) is -0.595. The number of carbonyl (C=O) groups excluding carboxylic acids is 2. The van der Waals surface area contributed by atoms with E-state index < -0.39 is 11.9 Å². The maximum atomic E-state index is 12.3. The second kappa shape index (κ2) is 7.61. The minimum absolute atomic E-state index is 0.206. The molecule has 0 aliphatic carbocycles. The molecule has 0 N–H and O–H groups in total. The van der Waals surface area contributed by atoms with Crippen molar-refractivity contribution >= 4 is 43.8 Å². The summed E-state index contributed by atoms with van der Waals surface area (Å²) in [6, 6.07) is 9.60. The number of carbonyl (C=O) groups is 2. The van der Waals surface area contributed by atoms with Gasteiger partial charge in [-0.15, -0.1) is 0 Å². The normalized spacial score (nSPS) is 10.1. The van der Waals surface area contributed by atoms with Gasteiger partial charge < -0.3 is 14.2 Å². The van der Waals surface area contributed by atoms with Gasteiger partial charge in [-0.3, -0.25) is 0 Å². The topological polar surface area (TPSA) is 61.8 Å². The van der Waals surface area contributed by atoms with Crippen molar-refractivity contribution in [3.63, 3.8) is 0 Å². The fraction of sp³-hybridized carbons (Fsp3) is 0.125. The summed E-state index contributed by atoms with van der Waals surface area (Å²) in [7, 11) is 2.70. The summed E-state index contributed by atoms with van der Waals surface area (Å²) < 4.78 is 16.5. The molecule has 0 amide bonds. The fourth-order valence-corrected chi connectivity index (χ4v) is 2.58. The van der Waals surface area contributed by atoms with Crippen molar-refractivity contribution in [1.82, 2.24) is 0 Å². The van der Waals surface area contributed by atoms with E-state index in [9.17, 15) is 9.59 Å². The fourth-order valence-electron chi connectivity index (χ4n) is 1.81. The van der Waals surface area contributed by atoms with E-state index in [1.165, 1.54) is 32.4 Å². The van der Waals surface area contributed by atoms with E-state index in [1.807, 2.05) is 0 Å². The molecule has 0 aliphatic rings. The van der Waals surface area contributed by atoms with E-state index in [2.05, 4.69) is 36.6 Å². The lowest BCUT2D eigenvalue weighted by atomic mass is 10.2. The van der Waals surface area contributed by atoms with Gasteiger partial charge in [0.25, 0.3) is 0 Å². The summed E-state index contributed by atoms with van der Waals surface area (Å²) in [5, 5.41) is 0. The van der Waals surface area contributed by atoms with Crippen LogP contribution in [0.5, 0.6) is 11.5 Å². The number of benzene rings is 2. The summed E-state index contributed by atoms with van der Waals surface area (Å²) in [5.41, 5.74) is 0.659. The number of ether oxygens (including phenoxy) is 3. The molecule has 23 heavy (non-hydrogen) atoms. The van der Waals surface area contributed by atoms with Gasteiger partial charge in [0.05, 0.1) is 25.3 Å². The summed E-state index contributed by atoms with van der Waals surface area (Å²) in [4.78, 5) is 23.8. The Hall–Kier alpha value is -1.86. The van der Waals surface area contributed by atoms with Crippen molar-refractivity contribution in [2.45, 2.75) is 0 Å². The molecule has 0 atom stereocenters. The third-order valence-corrected chi connectivity index (χ3v) is 4.12. The average molecular weight is 444 g/mol. The van der Waals surface area contributed by atoms with Crippen molar-refractivity contribution in [2.75, 3.05) is 14.2 Å². The third-order valence-electron chi connectivity index (χ3n) is 2.94. The molecule has 0 spiro atoms. The molecule has 0 unspecified atom stereocenters. The van der Waals surface area contributed by atoms with Crippen molar-refractivity contribution in [2.24, 2.45) is 0 Å². The second-order valence-corrected chi connectivity index (χ2v) is 6.14. The highest BCUT2D eigenvalue weighted by atomic mass is 79.9. The van der Waals surface area contributed by atoms with Gasteiger partial charge >= 0.3 is 11.9 Å². The highest BCUT2D eigenvalue weighted by molar-refractivity contribution is 9.11. The van der Waals surface area contributed by atoms with Crippen LogP contribution in [0.1, 0.15) is 20.7 Å². The van der Waals surface area contributed by atoms with Crippen LogP contribution in [0.4, 0.5) is 0 Å². The van der Waals surface area contributed by atoms with Crippen LogP contribution in [-0.4, -0.2) is 26.2 Å². The Kier molecular flexibility index (Phi) is 5.79. The van der Waals surface area contributed by atoms with E-state index in [-0.39, 0.29) is 11.5 Å². The molecule has 2 rings (SSSR count).